The Morgan fingerprint density at radius 2 is 1.75 bits per heavy atom. The second-order valence-corrected chi connectivity index (χ2v) is 2.19. The van der Waals surface area contributed by atoms with Crippen LogP contribution >= 0.6 is 7.60 Å². The molecule has 0 bridgehead atoms. The van der Waals surface area contributed by atoms with Crippen LogP contribution in [0.3, 0.4) is 0 Å². The number of rotatable bonds is 1. The predicted octanol–water partition coefficient (Wildman–Crippen LogP) is -2.51. The van der Waals surface area contributed by atoms with Gasteiger partial charge in [-0.15, -0.1) is 0 Å². The third kappa shape index (κ3) is 5.03. The predicted molar refractivity (Wildman–Crippen MR) is 21.0 cm³/mol. The Morgan fingerprint density at radius 3 is 1.75 bits per heavy atom. The van der Waals surface area contributed by atoms with Gasteiger partial charge < -0.3 is 24.3 Å². The molecule has 0 amide bonds. The molecule has 0 heterocycles. The van der Waals surface area contributed by atoms with Crippen molar-refractivity contribution in [2.45, 2.75) is 0 Å². The summed E-state index contributed by atoms with van der Waals surface area (Å²) < 4.78 is 9.25. The Morgan fingerprint density at radius 1 is 1.62 bits per heavy atom. The molecule has 0 aliphatic rings. The molecule has 42 valence electrons. The summed E-state index contributed by atoms with van der Waals surface area (Å²) in [5, 5.41) is 9.08. The summed E-state index contributed by atoms with van der Waals surface area (Å²) >= 11 is 0. The smallest absolute Gasteiger partial charge is 0.774 e. The molecule has 0 aromatic heterocycles. The van der Waals surface area contributed by atoms with Gasteiger partial charge in [-0.2, -0.15) is 0 Å². The van der Waals surface area contributed by atoms with Crippen molar-refractivity contribution in [1.29, 1.82) is 0 Å². The van der Waals surface area contributed by atoms with Gasteiger partial charge in [0.2, 0.25) is 0 Å². The van der Waals surface area contributed by atoms with E-state index in [1.165, 1.54) is 0 Å². The molecule has 5 nitrogen and oxygen atoms in total. The molecule has 0 radical (unpaired) electrons. The van der Waals surface area contributed by atoms with Crippen LogP contribution in [0.5, 0.6) is 0 Å². The second-order valence-electron chi connectivity index (χ2n) is 0.786. The quantitative estimate of drug-likeness (QED) is 0.341. The summed E-state index contributed by atoms with van der Waals surface area (Å²) in [4.78, 5) is 25.8. The van der Waals surface area contributed by atoms with E-state index in [9.17, 15) is 9.46 Å². The summed E-state index contributed by atoms with van der Waals surface area (Å²) in [6.45, 7) is 0. The van der Waals surface area contributed by atoms with E-state index < -0.39 is 13.3 Å². The van der Waals surface area contributed by atoms with E-state index >= 15 is 0 Å². The van der Waals surface area contributed by atoms with E-state index in [0.717, 1.165) is 0 Å². The van der Waals surface area contributed by atoms with Crippen LogP contribution in [0.25, 0.3) is 0 Å². The van der Waals surface area contributed by atoms with Crippen molar-refractivity contribution in [2.75, 3.05) is 0 Å². The first-order valence-corrected chi connectivity index (χ1v) is 2.77. The monoisotopic (exact) mass is 164 g/mol. The van der Waals surface area contributed by atoms with Crippen molar-refractivity contribution in [1.82, 2.24) is 0 Å². The van der Waals surface area contributed by atoms with E-state index in [-0.39, 0.29) is 37.7 Å². The van der Waals surface area contributed by atoms with Crippen LogP contribution in [-0.4, -0.2) is 48.3 Å². The minimum atomic E-state index is -5.18. The molecule has 1 atom stereocenters. The molecule has 1 unspecified atom stereocenters. The fourth-order valence-corrected chi connectivity index (χ4v) is 0. The van der Waals surface area contributed by atoms with Gasteiger partial charge >= 0.3 is 37.7 Å². The first kappa shape index (κ1) is 11.6. The van der Waals surface area contributed by atoms with Crippen LogP contribution in [0, 0.1) is 0 Å². The summed E-state index contributed by atoms with van der Waals surface area (Å²) in [7, 11) is -5.18. The van der Waals surface area contributed by atoms with E-state index in [2.05, 4.69) is 0 Å². The van der Waals surface area contributed by atoms with Gasteiger partial charge in [-0.05, 0) is 0 Å². The number of carbonyl (C=O) groups excluding carboxylic acids is 1. The molecule has 0 saturated heterocycles. The molecule has 0 aliphatic carbocycles. The summed E-state index contributed by atoms with van der Waals surface area (Å²) in [5.74, 6) is 0. The van der Waals surface area contributed by atoms with E-state index in [1.807, 2.05) is 0 Å². The van der Waals surface area contributed by atoms with Crippen molar-refractivity contribution in [3.63, 3.8) is 0 Å². The average Bonchev–Trinajstić information content (AvgIpc) is 1.31. The Hall–Kier alpha value is 0.880. The van der Waals surface area contributed by atoms with Gasteiger partial charge in [0.05, 0.1) is 0 Å². The fraction of sp³-hybridized carbons (Fsp3) is 0. The zero-order valence-corrected chi connectivity index (χ0v) is 6.84. The van der Waals surface area contributed by atoms with Crippen LogP contribution in [-0.2, 0) is 4.57 Å². The molecule has 0 aromatic carbocycles. The number of carboxylic acid groups (broad SMARTS) is 1. The Bertz CT molecular complexity index is 124. The van der Waals surface area contributed by atoms with Gasteiger partial charge in [-0.25, -0.2) is 0 Å². The van der Waals surface area contributed by atoms with Gasteiger partial charge in [0, 0.05) is 0 Å². The first-order chi connectivity index (χ1) is 2.94. The molecule has 0 fully saturated rings. The zero-order valence-electron chi connectivity index (χ0n) is 3.73. The number of hydrogen-bond donors (Lipinski definition) is 1. The van der Waals surface area contributed by atoms with Crippen LogP contribution in [0.4, 0.5) is 4.79 Å². The topological polar surface area (TPSA) is 100 Å². The van der Waals surface area contributed by atoms with E-state index in [4.69, 9.17) is 14.8 Å². The Labute approximate surface area is 74.9 Å². The van der Waals surface area contributed by atoms with Gasteiger partial charge in [0.15, 0.2) is 7.60 Å². The van der Waals surface area contributed by atoms with Crippen molar-refractivity contribution < 1.29 is 24.3 Å². The van der Waals surface area contributed by atoms with Gasteiger partial charge in [-0.3, -0.25) is 0 Å². The van der Waals surface area contributed by atoms with E-state index in [0.29, 0.717) is 0 Å². The van der Waals surface area contributed by atoms with E-state index in [1.54, 1.807) is 0 Å². The Balaban J connectivity index is 0. The third-order valence-corrected chi connectivity index (χ3v) is 0.692. The van der Waals surface area contributed by atoms with Crippen LogP contribution in [0.2, 0.25) is 0 Å². The fourth-order valence-electron chi connectivity index (χ4n) is 0. The van der Waals surface area contributed by atoms with Crippen LogP contribution in [0.1, 0.15) is 0 Å². The Kier molecular flexibility index (Phi) is 5.56. The molecule has 0 saturated carbocycles. The van der Waals surface area contributed by atoms with Crippen molar-refractivity contribution in [2.24, 2.45) is 0 Å². The zero-order chi connectivity index (χ0) is 6.08. The average molecular weight is 164 g/mol. The molecule has 0 rings (SSSR count). The molecule has 1 N–H and O–H groups in total. The van der Waals surface area contributed by atoms with Crippen LogP contribution < -0.4 is 10.00 Å². The molecular formula is CHCaO5P. The second kappa shape index (κ2) is 3.82. The normalized spacial score (nSPS) is 15.8. The maximum Gasteiger partial charge on any atom is 2.00 e. The maximum absolute atomic E-state index is 9.25. The minimum Gasteiger partial charge on any atom is -0.774 e. The maximum atomic E-state index is 9.25. The van der Waals surface area contributed by atoms with Gasteiger partial charge in [0.25, 0.3) is 0 Å². The number of carbonyl (C=O) groups is 1. The van der Waals surface area contributed by atoms with Crippen LogP contribution in [0.15, 0.2) is 0 Å². The van der Waals surface area contributed by atoms with Crippen molar-refractivity contribution >= 4 is 51.0 Å². The third-order valence-electron chi connectivity index (χ3n) is 0.231. The first-order valence-electron chi connectivity index (χ1n) is 1.20. The molecule has 7 heteroatoms. The molecule has 0 aromatic rings. The number of hydrogen-bond acceptors (Lipinski definition) is 4. The SMILES string of the molecule is O=C([O-])P(=O)([O-])O.[Ca+2]. The molecular weight excluding hydrogens is 163 g/mol. The standard InChI is InChI=1S/CH3O5P.Ca/c2-1(3)7(4,5)6;/h(H,2,3)(H2,4,5,6);/q;+2/p-2. The minimum absolute atomic E-state index is 0. The largest absolute Gasteiger partial charge is 2.00 e. The molecule has 0 aliphatic heterocycles. The summed E-state index contributed by atoms with van der Waals surface area (Å²) in [6.07, 6.45) is 0. The molecule has 0 spiro atoms. The van der Waals surface area contributed by atoms with Gasteiger partial charge in [-0.1, -0.05) is 0 Å². The van der Waals surface area contributed by atoms with Gasteiger partial charge in [0.1, 0.15) is 5.71 Å². The molecule has 8 heavy (non-hydrogen) atoms. The summed E-state index contributed by atoms with van der Waals surface area (Å²) in [6, 6.07) is 0. The van der Waals surface area contributed by atoms with Crippen molar-refractivity contribution in [3.05, 3.63) is 0 Å². The summed E-state index contributed by atoms with van der Waals surface area (Å²) in [5.41, 5.74) is -2.45. The van der Waals surface area contributed by atoms with Crippen molar-refractivity contribution in [3.8, 4) is 0 Å².